The molecular weight excluding hydrogens is 286 g/mol. The maximum Gasteiger partial charge on any atom is 0.187 e. The number of halogens is 1. The molecule has 0 bridgehead atoms. The van der Waals surface area contributed by atoms with Gasteiger partial charge in [0, 0.05) is 22.0 Å². The van der Waals surface area contributed by atoms with E-state index >= 15 is 0 Å². The highest BCUT2D eigenvalue weighted by atomic mass is 35.5. The second kappa shape index (κ2) is 6.02. The van der Waals surface area contributed by atoms with E-state index in [2.05, 4.69) is 9.97 Å². The Hall–Kier alpha value is -2.25. The van der Waals surface area contributed by atoms with Crippen LogP contribution in [-0.2, 0) is 0 Å². The summed E-state index contributed by atoms with van der Waals surface area (Å²) < 4.78 is 0. The second-order valence-corrected chi connectivity index (χ2v) is 5.39. The Balaban J connectivity index is 2.46. The van der Waals surface area contributed by atoms with Gasteiger partial charge in [0.2, 0.25) is 0 Å². The Morgan fingerprint density at radius 2 is 1.76 bits per heavy atom. The molecule has 0 saturated heterocycles. The summed E-state index contributed by atoms with van der Waals surface area (Å²) in [4.78, 5) is 21.0. The zero-order valence-electron chi connectivity index (χ0n) is 12.0. The molecule has 0 amide bonds. The van der Waals surface area contributed by atoms with E-state index in [4.69, 9.17) is 11.6 Å². The van der Waals surface area contributed by atoms with Crippen molar-refractivity contribution < 1.29 is 4.79 Å². The van der Waals surface area contributed by atoms with Crippen molar-refractivity contribution in [3.8, 4) is 6.07 Å². The minimum Gasteiger partial charge on any atom is -0.292 e. The number of nitriles is 1. The molecule has 1 atom stereocenters. The van der Waals surface area contributed by atoms with Gasteiger partial charge in [0.25, 0.3) is 0 Å². The maximum atomic E-state index is 12.5. The van der Waals surface area contributed by atoms with Crippen LogP contribution in [0, 0.1) is 32.1 Å². The summed E-state index contributed by atoms with van der Waals surface area (Å²) in [5, 5.41) is 9.82. The molecule has 2 aromatic rings. The van der Waals surface area contributed by atoms with Crippen LogP contribution in [-0.4, -0.2) is 15.8 Å². The van der Waals surface area contributed by atoms with Crippen molar-refractivity contribution in [2.24, 2.45) is 0 Å². The molecule has 1 aromatic carbocycles. The lowest BCUT2D eigenvalue weighted by molar-refractivity contribution is 0.0976. The van der Waals surface area contributed by atoms with Crippen LogP contribution in [0.5, 0.6) is 0 Å². The molecule has 0 saturated carbocycles. The lowest BCUT2D eigenvalue weighted by Gasteiger charge is -2.10. The number of Topliss-reactive ketones (excluding diaryl/α,β-unsaturated/α-hetero) is 1. The van der Waals surface area contributed by atoms with Crippen molar-refractivity contribution in [3.05, 3.63) is 57.6 Å². The number of aromatic nitrogens is 2. The number of benzene rings is 1. The Labute approximate surface area is 128 Å². The molecule has 1 heterocycles. The summed E-state index contributed by atoms with van der Waals surface area (Å²) in [6, 6.07) is 8.82. The van der Waals surface area contributed by atoms with Gasteiger partial charge in [-0.1, -0.05) is 11.6 Å². The third-order valence-corrected chi connectivity index (χ3v) is 3.19. The summed E-state index contributed by atoms with van der Waals surface area (Å²) in [6.07, 6.45) is 0. The van der Waals surface area contributed by atoms with Crippen molar-refractivity contribution in [1.82, 2.24) is 9.97 Å². The normalized spacial score (nSPS) is 11.8. The molecule has 0 aliphatic carbocycles. The minimum absolute atomic E-state index is 0.234. The van der Waals surface area contributed by atoms with Crippen molar-refractivity contribution in [2.45, 2.75) is 26.7 Å². The highest BCUT2D eigenvalue weighted by Crippen LogP contribution is 2.22. The first-order valence-corrected chi connectivity index (χ1v) is 6.81. The van der Waals surface area contributed by atoms with Crippen LogP contribution in [0.15, 0.2) is 24.3 Å². The first-order chi connectivity index (χ1) is 9.90. The fraction of sp³-hybridized carbons (Fsp3) is 0.250. The molecule has 0 radical (unpaired) electrons. The standard InChI is InChI=1S/C16H14ClN3O/c1-9-4-12(7-13(17)5-9)15(21)14(8-18)16-19-10(2)6-11(3)20-16/h4-7,14H,1-3H3/t14-/m1/s1. The number of carbonyl (C=O) groups is 1. The zero-order chi connectivity index (χ0) is 15.6. The van der Waals surface area contributed by atoms with Crippen molar-refractivity contribution >= 4 is 17.4 Å². The average molecular weight is 300 g/mol. The van der Waals surface area contributed by atoms with Crippen LogP contribution in [0.4, 0.5) is 0 Å². The maximum absolute atomic E-state index is 12.5. The van der Waals surface area contributed by atoms with E-state index in [0.29, 0.717) is 10.6 Å². The fourth-order valence-corrected chi connectivity index (χ4v) is 2.45. The lowest BCUT2D eigenvalue weighted by atomic mass is 9.96. The van der Waals surface area contributed by atoms with E-state index in [1.54, 1.807) is 38.1 Å². The van der Waals surface area contributed by atoms with Gasteiger partial charge in [-0.05, 0) is 50.6 Å². The second-order valence-electron chi connectivity index (χ2n) is 4.95. The summed E-state index contributed by atoms with van der Waals surface area (Å²) in [5.74, 6) is -1.13. The van der Waals surface area contributed by atoms with Crippen LogP contribution in [0.3, 0.4) is 0 Å². The number of ketones is 1. The summed E-state index contributed by atoms with van der Waals surface area (Å²) in [7, 11) is 0. The molecule has 106 valence electrons. The van der Waals surface area contributed by atoms with Gasteiger partial charge < -0.3 is 0 Å². The van der Waals surface area contributed by atoms with Crippen molar-refractivity contribution in [2.75, 3.05) is 0 Å². The van der Waals surface area contributed by atoms with E-state index < -0.39 is 5.92 Å². The Bertz CT molecular complexity index is 709. The van der Waals surface area contributed by atoms with E-state index in [-0.39, 0.29) is 11.6 Å². The fourth-order valence-electron chi connectivity index (χ4n) is 2.16. The van der Waals surface area contributed by atoms with Crippen molar-refractivity contribution in [1.29, 1.82) is 5.26 Å². The van der Waals surface area contributed by atoms with Gasteiger partial charge in [0.15, 0.2) is 17.5 Å². The molecule has 0 aliphatic rings. The summed E-state index contributed by atoms with van der Waals surface area (Å²) in [6.45, 7) is 5.46. The SMILES string of the molecule is Cc1cc(Cl)cc(C(=O)[C@@H](C#N)c2nc(C)cc(C)n2)c1. The Kier molecular flexibility index (Phi) is 4.35. The Morgan fingerprint density at radius 1 is 1.14 bits per heavy atom. The van der Waals surface area contributed by atoms with Gasteiger partial charge in [0.05, 0.1) is 6.07 Å². The van der Waals surface area contributed by atoms with E-state index in [0.717, 1.165) is 17.0 Å². The number of rotatable bonds is 3. The first kappa shape index (κ1) is 15.1. The van der Waals surface area contributed by atoms with Gasteiger partial charge in [-0.15, -0.1) is 0 Å². The number of hydrogen-bond donors (Lipinski definition) is 0. The van der Waals surface area contributed by atoms with Gasteiger partial charge in [-0.2, -0.15) is 5.26 Å². The predicted octanol–water partition coefficient (Wildman–Crippen LogP) is 3.55. The van der Waals surface area contributed by atoms with Crippen LogP contribution in [0.2, 0.25) is 5.02 Å². The minimum atomic E-state index is -1.03. The summed E-state index contributed by atoms with van der Waals surface area (Å²) in [5.41, 5.74) is 2.72. The quantitative estimate of drug-likeness (QED) is 0.813. The van der Waals surface area contributed by atoms with Crippen LogP contribution >= 0.6 is 11.6 Å². The van der Waals surface area contributed by atoms with E-state index in [1.807, 2.05) is 13.0 Å². The molecule has 2 rings (SSSR count). The smallest absolute Gasteiger partial charge is 0.187 e. The molecule has 5 heteroatoms. The largest absolute Gasteiger partial charge is 0.292 e. The number of aryl methyl sites for hydroxylation is 3. The number of nitrogens with zero attached hydrogens (tertiary/aromatic N) is 3. The third kappa shape index (κ3) is 3.45. The highest BCUT2D eigenvalue weighted by Gasteiger charge is 2.25. The van der Waals surface area contributed by atoms with E-state index in [1.165, 1.54) is 0 Å². The van der Waals surface area contributed by atoms with Gasteiger partial charge >= 0.3 is 0 Å². The molecule has 0 spiro atoms. The van der Waals surface area contributed by atoms with Gasteiger partial charge in [0.1, 0.15) is 0 Å². The Morgan fingerprint density at radius 3 is 2.29 bits per heavy atom. The molecule has 0 N–H and O–H groups in total. The molecule has 0 fully saturated rings. The molecular formula is C16H14ClN3O. The van der Waals surface area contributed by atoms with Gasteiger partial charge in [-0.25, -0.2) is 9.97 Å². The molecule has 1 aromatic heterocycles. The zero-order valence-corrected chi connectivity index (χ0v) is 12.8. The molecule has 21 heavy (non-hydrogen) atoms. The molecule has 0 unspecified atom stereocenters. The third-order valence-electron chi connectivity index (χ3n) is 2.98. The highest BCUT2D eigenvalue weighted by molar-refractivity contribution is 6.31. The average Bonchev–Trinajstić information content (AvgIpc) is 2.37. The van der Waals surface area contributed by atoms with Crippen LogP contribution < -0.4 is 0 Å². The molecule has 0 aliphatic heterocycles. The monoisotopic (exact) mass is 299 g/mol. The predicted molar refractivity (Wildman–Crippen MR) is 80.4 cm³/mol. The molecule has 4 nitrogen and oxygen atoms in total. The first-order valence-electron chi connectivity index (χ1n) is 6.44. The number of carbonyl (C=O) groups excluding carboxylic acids is 1. The van der Waals surface area contributed by atoms with Crippen LogP contribution in [0.25, 0.3) is 0 Å². The topological polar surface area (TPSA) is 66.6 Å². The van der Waals surface area contributed by atoms with Crippen molar-refractivity contribution in [3.63, 3.8) is 0 Å². The van der Waals surface area contributed by atoms with Crippen LogP contribution in [0.1, 0.15) is 39.1 Å². The van der Waals surface area contributed by atoms with E-state index in [9.17, 15) is 10.1 Å². The van der Waals surface area contributed by atoms with Gasteiger partial charge in [-0.3, -0.25) is 4.79 Å². The number of hydrogen-bond acceptors (Lipinski definition) is 4. The lowest BCUT2D eigenvalue weighted by Crippen LogP contribution is -2.15. The summed E-state index contributed by atoms with van der Waals surface area (Å²) >= 11 is 5.97.